The highest BCUT2D eigenvalue weighted by Crippen LogP contribution is 2.22. The van der Waals surface area contributed by atoms with Crippen LogP contribution in [0, 0.1) is 22.7 Å². The zero-order valence-electron chi connectivity index (χ0n) is 11.7. The first kappa shape index (κ1) is 14.9. The molecule has 0 amide bonds. The summed E-state index contributed by atoms with van der Waals surface area (Å²) in [5.41, 5.74) is 3.72. The first-order valence-corrected chi connectivity index (χ1v) is 6.40. The van der Waals surface area contributed by atoms with Crippen LogP contribution in [0.4, 0.5) is 5.69 Å². The number of carbonyl (C=O) groups is 1. The summed E-state index contributed by atoms with van der Waals surface area (Å²) in [6, 6.07) is 11.7. The Hall–Kier alpha value is -3.45. The van der Waals surface area contributed by atoms with Gasteiger partial charge in [0.15, 0.2) is 0 Å². The topological polar surface area (TPSA) is 111 Å². The van der Waals surface area contributed by atoms with E-state index in [-0.39, 0.29) is 18.0 Å². The molecule has 0 unspecified atom stereocenters. The van der Waals surface area contributed by atoms with Gasteiger partial charge in [-0.3, -0.25) is 5.43 Å². The molecule has 0 aliphatic rings. The van der Waals surface area contributed by atoms with Crippen LogP contribution in [-0.4, -0.2) is 23.3 Å². The van der Waals surface area contributed by atoms with Gasteiger partial charge in [0.1, 0.15) is 17.8 Å². The largest absolute Gasteiger partial charge is 0.461 e. The van der Waals surface area contributed by atoms with Gasteiger partial charge in [-0.2, -0.15) is 15.6 Å². The van der Waals surface area contributed by atoms with Gasteiger partial charge in [0, 0.05) is 5.39 Å². The molecule has 1 aromatic carbocycles. The lowest BCUT2D eigenvalue weighted by molar-refractivity contribution is 0.0520. The van der Waals surface area contributed by atoms with Crippen molar-refractivity contribution in [2.24, 2.45) is 5.10 Å². The van der Waals surface area contributed by atoms with Crippen molar-refractivity contribution in [3.8, 4) is 12.1 Å². The Morgan fingerprint density at radius 3 is 2.77 bits per heavy atom. The Balaban J connectivity index is 2.39. The third kappa shape index (κ3) is 3.17. The van der Waals surface area contributed by atoms with Crippen LogP contribution in [-0.2, 0) is 4.74 Å². The molecule has 1 N–H and O–H groups in total. The third-order valence-electron chi connectivity index (χ3n) is 2.72. The van der Waals surface area contributed by atoms with Crippen molar-refractivity contribution in [3.63, 3.8) is 0 Å². The molecule has 0 spiro atoms. The molecule has 1 aromatic heterocycles. The summed E-state index contributed by atoms with van der Waals surface area (Å²) in [5.74, 6) is -0.489. The van der Waals surface area contributed by atoms with Gasteiger partial charge in [-0.1, -0.05) is 6.07 Å². The molecular formula is C15H11N5O2. The second-order valence-electron chi connectivity index (χ2n) is 4.09. The average molecular weight is 293 g/mol. The van der Waals surface area contributed by atoms with Gasteiger partial charge in [0.2, 0.25) is 5.71 Å². The van der Waals surface area contributed by atoms with Gasteiger partial charge in [0.05, 0.1) is 17.8 Å². The van der Waals surface area contributed by atoms with Crippen LogP contribution in [0.25, 0.3) is 10.9 Å². The molecular weight excluding hydrogens is 282 g/mol. The van der Waals surface area contributed by atoms with Crippen LogP contribution in [0.2, 0.25) is 0 Å². The van der Waals surface area contributed by atoms with E-state index in [0.29, 0.717) is 16.6 Å². The highest BCUT2D eigenvalue weighted by atomic mass is 16.5. The summed E-state index contributed by atoms with van der Waals surface area (Å²) in [6.07, 6.45) is 0. The van der Waals surface area contributed by atoms with Crippen LogP contribution < -0.4 is 5.43 Å². The number of pyridine rings is 1. The number of nitriles is 2. The number of hydrogen-bond acceptors (Lipinski definition) is 7. The minimum Gasteiger partial charge on any atom is -0.461 e. The lowest BCUT2D eigenvalue weighted by Crippen LogP contribution is -2.07. The highest BCUT2D eigenvalue weighted by molar-refractivity contribution is 6.10. The fourth-order valence-corrected chi connectivity index (χ4v) is 1.76. The number of benzene rings is 1. The number of hydrazone groups is 1. The van der Waals surface area contributed by atoms with Gasteiger partial charge in [-0.05, 0) is 31.2 Å². The average Bonchev–Trinajstić information content (AvgIpc) is 2.55. The minimum absolute atomic E-state index is 0.213. The monoisotopic (exact) mass is 293 g/mol. The number of ether oxygens (including phenoxy) is 1. The van der Waals surface area contributed by atoms with Gasteiger partial charge in [-0.25, -0.2) is 9.78 Å². The molecule has 0 fully saturated rings. The number of rotatable bonds is 4. The summed E-state index contributed by atoms with van der Waals surface area (Å²) in [5, 5.41) is 21.7. The van der Waals surface area contributed by atoms with Crippen molar-refractivity contribution < 1.29 is 9.53 Å². The summed E-state index contributed by atoms with van der Waals surface area (Å²) >= 11 is 0. The second kappa shape index (κ2) is 6.82. The van der Waals surface area contributed by atoms with Crippen LogP contribution in [0.5, 0.6) is 0 Å². The summed E-state index contributed by atoms with van der Waals surface area (Å²) in [6.45, 7) is 2.00. The SMILES string of the molecule is CCOC(=O)c1ccc2c(NN=C(C#N)C#N)cccc2n1. The molecule has 0 saturated carbocycles. The van der Waals surface area contributed by atoms with E-state index in [0.717, 1.165) is 0 Å². The molecule has 108 valence electrons. The molecule has 2 aromatic rings. The Labute approximate surface area is 126 Å². The number of anilines is 1. The van der Waals surface area contributed by atoms with Crippen LogP contribution in [0.3, 0.4) is 0 Å². The first-order chi connectivity index (χ1) is 10.7. The molecule has 7 nitrogen and oxygen atoms in total. The highest BCUT2D eigenvalue weighted by Gasteiger charge is 2.10. The molecule has 0 saturated heterocycles. The fraction of sp³-hybridized carbons (Fsp3) is 0.133. The van der Waals surface area contributed by atoms with E-state index in [1.807, 2.05) is 0 Å². The number of nitrogens with one attached hydrogen (secondary N) is 1. The van der Waals surface area contributed by atoms with Gasteiger partial charge in [0.25, 0.3) is 0 Å². The molecule has 7 heteroatoms. The summed E-state index contributed by atoms with van der Waals surface area (Å²) in [7, 11) is 0. The molecule has 0 aliphatic heterocycles. The lowest BCUT2D eigenvalue weighted by atomic mass is 10.1. The Morgan fingerprint density at radius 2 is 2.09 bits per heavy atom. The predicted molar refractivity (Wildman–Crippen MR) is 80.0 cm³/mol. The van der Waals surface area contributed by atoms with Crippen LogP contribution in [0.1, 0.15) is 17.4 Å². The standard InChI is InChI=1S/C15H11N5O2/c1-2-22-15(21)14-7-6-11-12(18-14)4-3-5-13(11)20-19-10(8-16)9-17/h3-7,20H,2H2,1H3. The quantitative estimate of drug-likeness (QED) is 0.525. The number of nitrogens with zero attached hydrogens (tertiary/aromatic N) is 4. The molecule has 22 heavy (non-hydrogen) atoms. The Bertz CT molecular complexity index is 814. The fourth-order valence-electron chi connectivity index (χ4n) is 1.76. The van der Waals surface area contributed by atoms with Crippen LogP contribution in [0.15, 0.2) is 35.4 Å². The molecule has 0 radical (unpaired) electrons. The summed E-state index contributed by atoms with van der Waals surface area (Å²) in [4.78, 5) is 15.9. The normalized spacial score (nSPS) is 9.41. The molecule has 0 bridgehead atoms. The van der Waals surface area contributed by atoms with Crippen molar-refractivity contribution in [1.82, 2.24) is 4.98 Å². The maximum absolute atomic E-state index is 11.7. The number of hydrogen-bond donors (Lipinski definition) is 1. The Kier molecular flexibility index (Phi) is 4.63. The minimum atomic E-state index is -0.489. The van der Waals surface area contributed by atoms with Crippen LogP contribution >= 0.6 is 0 Å². The van der Waals surface area contributed by atoms with E-state index in [9.17, 15) is 4.79 Å². The van der Waals surface area contributed by atoms with Crippen molar-refractivity contribution in [3.05, 3.63) is 36.0 Å². The lowest BCUT2D eigenvalue weighted by Gasteiger charge is -2.06. The van der Waals surface area contributed by atoms with Gasteiger partial charge < -0.3 is 4.74 Å². The van der Waals surface area contributed by atoms with E-state index in [2.05, 4.69) is 15.5 Å². The van der Waals surface area contributed by atoms with Crippen molar-refractivity contribution in [2.75, 3.05) is 12.0 Å². The van der Waals surface area contributed by atoms with E-state index in [1.165, 1.54) is 0 Å². The smallest absolute Gasteiger partial charge is 0.356 e. The molecule has 2 rings (SSSR count). The van der Waals surface area contributed by atoms with E-state index in [1.54, 1.807) is 49.4 Å². The third-order valence-corrected chi connectivity index (χ3v) is 2.72. The Morgan fingerprint density at radius 1 is 1.32 bits per heavy atom. The van der Waals surface area contributed by atoms with E-state index in [4.69, 9.17) is 15.3 Å². The van der Waals surface area contributed by atoms with Crippen molar-refractivity contribution in [2.45, 2.75) is 6.92 Å². The molecule has 0 atom stereocenters. The number of carbonyl (C=O) groups excluding carboxylic acids is 1. The maximum Gasteiger partial charge on any atom is 0.356 e. The van der Waals surface area contributed by atoms with Crippen molar-refractivity contribution in [1.29, 1.82) is 10.5 Å². The molecule has 1 heterocycles. The van der Waals surface area contributed by atoms with Gasteiger partial charge in [-0.15, -0.1) is 0 Å². The number of aromatic nitrogens is 1. The number of fused-ring (bicyclic) bond motifs is 1. The van der Waals surface area contributed by atoms with E-state index >= 15 is 0 Å². The summed E-state index contributed by atoms with van der Waals surface area (Å²) < 4.78 is 4.90. The van der Waals surface area contributed by atoms with Crippen molar-refractivity contribution >= 4 is 28.3 Å². The second-order valence-corrected chi connectivity index (χ2v) is 4.09. The zero-order chi connectivity index (χ0) is 15.9. The predicted octanol–water partition coefficient (Wildman–Crippen LogP) is 2.23. The van der Waals surface area contributed by atoms with Gasteiger partial charge >= 0.3 is 5.97 Å². The molecule has 0 aliphatic carbocycles. The first-order valence-electron chi connectivity index (χ1n) is 6.40. The zero-order valence-corrected chi connectivity index (χ0v) is 11.7. The maximum atomic E-state index is 11.7. The number of esters is 1. The van der Waals surface area contributed by atoms with E-state index < -0.39 is 5.97 Å².